The maximum Gasteiger partial charge on any atom is 0.412 e. The summed E-state index contributed by atoms with van der Waals surface area (Å²) in [5.74, 6) is -2.64. The molecule has 0 bridgehead atoms. The lowest BCUT2D eigenvalue weighted by atomic mass is 10.3. The Hall–Kier alpha value is -2.93. The zero-order valence-corrected chi connectivity index (χ0v) is 14.6. The van der Waals surface area contributed by atoms with Crippen LogP contribution in [0.25, 0.3) is 0 Å². The second kappa shape index (κ2) is 8.84. The highest BCUT2D eigenvalue weighted by Gasteiger charge is 2.41. The second-order valence-electron chi connectivity index (χ2n) is 5.21. The lowest BCUT2D eigenvalue weighted by molar-refractivity contribution is -0.162. The van der Waals surface area contributed by atoms with Crippen LogP contribution in [0.5, 0.6) is 5.88 Å². The molecule has 1 amide bonds. The molecule has 5 N–H and O–H groups in total. The number of halogens is 5. The van der Waals surface area contributed by atoms with Crippen LogP contribution >= 0.6 is 11.6 Å². The Morgan fingerprint density at radius 2 is 2.11 bits per heavy atom. The smallest absolute Gasteiger partial charge is 0.412 e. The molecule has 0 fully saturated rings. The number of benzene rings is 1. The number of carbonyl (C=O) groups excluding carboxylic acids is 1. The number of nitrogens with one attached hydrogen (secondary N) is 3. The van der Waals surface area contributed by atoms with Gasteiger partial charge in [0.15, 0.2) is 11.9 Å². The van der Waals surface area contributed by atoms with Crippen LogP contribution in [-0.2, 0) is 4.79 Å². The molecule has 0 aliphatic carbocycles. The van der Waals surface area contributed by atoms with Crippen LogP contribution in [0.3, 0.4) is 0 Å². The Bertz CT molecular complexity index is 860. The quantitative estimate of drug-likeness (QED) is 0.229. The first kappa shape index (κ1) is 21.4. The number of nitrogens with two attached hydrogens (primary N) is 1. The van der Waals surface area contributed by atoms with Gasteiger partial charge in [-0.15, -0.1) is 0 Å². The van der Waals surface area contributed by atoms with Crippen molar-refractivity contribution in [3.05, 3.63) is 34.7 Å². The number of alkyl halides is 3. The van der Waals surface area contributed by atoms with Gasteiger partial charge in [0.05, 0.1) is 11.6 Å². The maximum atomic E-state index is 13.1. The number of hydrogen-bond acceptors (Lipinski definition) is 7. The monoisotopic (exact) mass is 424 g/mol. The third-order valence-electron chi connectivity index (χ3n) is 3.16. The molecule has 0 spiro atoms. The van der Waals surface area contributed by atoms with Gasteiger partial charge in [-0.1, -0.05) is 11.6 Å². The van der Waals surface area contributed by atoms with E-state index >= 15 is 0 Å². The minimum Gasteiger partial charge on any atom is -0.472 e. The van der Waals surface area contributed by atoms with Crippen molar-refractivity contribution in [2.75, 3.05) is 18.5 Å². The average Bonchev–Trinajstić information content (AvgIpc) is 3.09. The normalized spacial score (nSPS) is 12.4. The number of aromatic nitrogens is 2. The number of amides is 1. The summed E-state index contributed by atoms with van der Waals surface area (Å²) in [7, 11) is 0. The Labute approximate surface area is 159 Å². The van der Waals surface area contributed by atoms with Crippen LogP contribution in [0.15, 0.2) is 22.8 Å². The summed E-state index contributed by atoms with van der Waals surface area (Å²) in [5, 5.41) is 19.1. The van der Waals surface area contributed by atoms with E-state index < -0.39 is 23.9 Å². The molecule has 0 saturated carbocycles. The number of rotatable bonds is 7. The first-order valence-corrected chi connectivity index (χ1v) is 7.83. The number of nitrogens with zero attached hydrogens (tertiary/aromatic N) is 2. The van der Waals surface area contributed by atoms with E-state index in [1.807, 2.05) is 5.32 Å². The van der Waals surface area contributed by atoms with Gasteiger partial charge >= 0.3 is 6.18 Å². The van der Waals surface area contributed by atoms with Gasteiger partial charge in [0.2, 0.25) is 11.6 Å². The van der Waals surface area contributed by atoms with Crippen LogP contribution in [-0.4, -0.2) is 47.4 Å². The summed E-state index contributed by atoms with van der Waals surface area (Å²) in [5.41, 5.74) is 4.85. The topological polar surface area (TPSA) is 139 Å². The summed E-state index contributed by atoms with van der Waals surface area (Å²) >= 11 is 5.64. The molecular formula is C14H13ClF4N6O3. The molecule has 9 nitrogen and oxygen atoms in total. The van der Waals surface area contributed by atoms with E-state index in [1.54, 1.807) is 0 Å². The average molecular weight is 425 g/mol. The van der Waals surface area contributed by atoms with Gasteiger partial charge in [0, 0.05) is 5.69 Å². The molecule has 1 aromatic carbocycles. The molecule has 1 atom stereocenters. The number of amidine groups is 1. The van der Waals surface area contributed by atoms with Crippen LogP contribution in [0.2, 0.25) is 5.02 Å². The Balaban J connectivity index is 1.88. The fraction of sp³-hybridized carbons (Fsp3) is 0.286. The number of anilines is 1. The highest BCUT2D eigenvalue weighted by Crippen LogP contribution is 2.21. The predicted octanol–water partition coefficient (Wildman–Crippen LogP) is 1.68. The molecular weight excluding hydrogens is 412 g/mol. The second-order valence-corrected chi connectivity index (χ2v) is 5.61. The van der Waals surface area contributed by atoms with Gasteiger partial charge in [-0.2, -0.15) is 13.2 Å². The minimum atomic E-state index is -4.86. The van der Waals surface area contributed by atoms with E-state index in [0.29, 0.717) is 0 Å². The fourth-order valence-electron chi connectivity index (χ4n) is 1.79. The van der Waals surface area contributed by atoms with Gasteiger partial charge in [0.25, 0.3) is 5.88 Å². The molecule has 152 valence electrons. The number of ether oxygens (including phenoxy) is 1. The summed E-state index contributed by atoms with van der Waals surface area (Å²) in [6.07, 6.45) is -4.86. The number of hydrogen-bond donors (Lipinski definition) is 4. The van der Waals surface area contributed by atoms with Crippen LogP contribution in [0.4, 0.5) is 23.2 Å². The molecule has 2 rings (SSSR count). The summed E-state index contributed by atoms with van der Waals surface area (Å²) < 4.78 is 59.6. The van der Waals surface area contributed by atoms with Crippen molar-refractivity contribution in [2.45, 2.75) is 12.2 Å². The molecule has 0 saturated heterocycles. The lowest BCUT2D eigenvalue weighted by Crippen LogP contribution is -2.50. The Morgan fingerprint density at radius 3 is 2.75 bits per heavy atom. The summed E-state index contributed by atoms with van der Waals surface area (Å²) in [4.78, 5) is 11.2. The Morgan fingerprint density at radius 1 is 1.39 bits per heavy atom. The largest absolute Gasteiger partial charge is 0.472 e. The molecule has 1 heterocycles. The molecule has 0 radical (unpaired) electrons. The van der Waals surface area contributed by atoms with Gasteiger partial charge in [-0.25, -0.2) is 9.02 Å². The zero-order chi connectivity index (χ0) is 20.9. The lowest BCUT2D eigenvalue weighted by Gasteiger charge is -2.15. The van der Waals surface area contributed by atoms with Gasteiger partial charge in [-0.05, 0) is 28.5 Å². The molecule has 2 aromatic rings. The van der Waals surface area contributed by atoms with Gasteiger partial charge in [-0.3, -0.25) is 10.2 Å². The zero-order valence-electron chi connectivity index (χ0n) is 13.8. The molecule has 1 aromatic heterocycles. The molecule has 1 unspecified atom stereocenters. The highest BCUT2D eigenvalue weighted by atomic mass is 35.5. The standard InChI is InChI=1S/C14H13ClF4N6O3/c15-7-5-6(1-2-8(7)16)23-11(21)9-13(25-28-24-9)27-4-3-22-12(26)10(20)14(17,18)19/h1-2,5,10H,3-4,20H2,(H2,21,23)(H,22,26). The van der Waals surface area contributed by atoms with E-state index in [1.165, 1.54) is 12.1 Å². The van der Waals surface area contributed by atoms with E-state index in [4.69, 9.17) is 27.5 Å². The van der Waals surface area contributed by atoms with E-state index in [2.05, 4.69) is 20.3 Å². The van der Waals surface area contributed by atoms with E-state index in [-0.39, 0.29) is 41.3 Å². The van der Waals surface area contributed by atoms with E-state index in [9.17, 15) is 22.4 Å². The first-order chi connectivity index (χ1) is 13.1. The molecule has 28 heavy (non-hydrogen) atoms. The van der Waals surface area contributed by atoms with Crippen molar-refractivity contribution in [3.63, 3.8) is 0 Å². The molecule has 0 aliphatic rings. The van der Waals surface area contributed by atoms with Crippen LogP contribution in [0.1, 0.15) is 5.69 Å². The molecule has 14 heteroatoms. The third-order valence-corrected chi connectivity index (χ3v) is 3.45. The first-order valence-electron chi connectivity index (χ1n) is 7.46. The van der Waals surface area contributed by atoms with Gasteiger partial charge in [0.1, 0.15) is 12.4 Å². The highest BCUT2D eigenvalue weighted by molar-refractivity contribution is 6.31. The predicted molar refractivity (Wildman–Crippen MR) is 88.7 cm³/mol. The minimum absolute atomic E-state index is 0.166. The van der Waals surface area contributed by atoms with Crippen LogP contribution in [0, 0.1) is 11.2 Å². The SMILES string of the molecule is N=C(Nc1ccc(F)c(Cl)c1)c1nonc1OCCNC(=O)C(N)C(F)(F)F. The summed E-state index contributed by atoms with van der Waals surface area (Å²) in [6.45, 7) is -0.615. The third kappa shape index (κ3) is 5.53. The Kier molecular flexibility index (Phi) is 6.75. The number of carbonyl (C=O) groups is 1. The van der Waals surface area contributed by atoms with Gasteiger partial charge < -0.3 is 21.1 Å². The van der Waals surface area contributed by atoms with Crippen molar-refractivity contribution in [3.8, 4) is 5.88 Å². The molecule has 0 aliphatic heterocycles. The van der Waals surface area contributed by atoms with Crippen molar-refractivity contribution in [2.24, 2.45) is 5.73 Å². The van der Waals surface area contributed by atoms with Crippen molar-refractivity contribution >= 4 is 29.0 Å². The maximum absolute atomic E-state index is 13.1. The van der Waals surface area contributed by atoms with Crippen LogP contribution < -0.4 is 21.1 Å². The van der Waals surface area contributed by atoms with E-state index in [0.717, 1.165) is 6.07 Å². The van der Waals surface area contributed by atoms with Crippen molar-refractivity contribution in [1.29, 1.82) is 5.41 Å². The van der Waals surface area contributed by atoms with Crippen molar-refractivity contribution < 1.29 is 31.7 Å². The van der Waals surface area contributed by atoms with Crippen molar-refractivity contribution in [1.82, 2.24) is 15.6 Å². The summed E-state index contributed by atoms with van der Waals surface area (Å²) in [6, 6.07) is 0.990. The fourth-order valence-corrected chi connectivity index (χ4v) is 1.97.